The van der Waals surface area contributed by atoms with E-state index in [-0.39, 0.29) is 11.3 Å². The summed E-state index contributed by atoms with van der Waals surface area (Å²) in [5, 5.41) is 15.5. The molecule has 20 heavy (non-hydrogen) atoms. The van der Waals surface area contributed by atoms with Gasteiger partial charge < -0.3 is 10.4 Å². The highest BCUT2D eigenvalue weighted by Gasteiger charge is 2.21. The summed E-state index contributed by atoms with van der Waals surface area (Å²) in [6, 6.07) is 3.58. The molecule has 0 aliphatic rings. The third-order valence-electron chi connectivity index (χ3n) is 2.61. The first-order valence-electron chi connectivity index (χ1n) is 5.90. The first kappa shape index (κ1) is 13.7. The molecule has 0 saturated heterocycles. The number of hydrogen-bond acceptors (Lipinski definition) is 4. The van der Waals surface area contributed by atoms with Crippen LogP contribution in [0.25, 0.3) is 0 Å². The van der Waals surface area contributed by atoms with Crippen molar-refractivity contribution >= 4 is 17.7 Å². The minimum absolute atomic E-state index is 0.138. The van der Waals surface area contributed by atoms with Crippen molar-refractivity contribution in [3.8, 4) is 0 Å². The molecule has 2 aromatic rings. The van der Waals surface area contributed by atoms with Crippen LogP contribution in [0.3, 0.4) is 0 Å². The summed E-state index contributed by atoms with van der Waals surface area (Å²) in [6.45, 7) is 3.69. The average molecular weight is 274 g/mol. The molecule has 0 aliphatic heterocycles. The van der Waals surface area contributed by atoms with Crippen molar-refractivity contribution in [2.45, 2.75) is 13.8 Å². The zero-order chi connectivity index (χ0) is 14.9. The van der Waals surface area contributed by atoms with E-state index in [1.165, 1.54) is 10.9 Å². The Labute approximate surface area is 115 Å². The predicted molar refractivity (Wildman–Crippen MR) is 71.8 cm³/mol. The Morgan fingerprint density at radius 1 is 1.30 bits per heavy atom. The van der Waals surface area contributed by atoms with Crippen molar-refractivity contribution in [2.24, 2.45) is 7.05 Å². The number of anilines is 1. The maximum atomic E-state index is 12.1. The summed E-state index contributed by atoms with van der Waals surface area (Å²) in [7, 11) is 1.55. The van der Waals surface area contributed by atoms with Gasteiger partial charge in [0, 0.05) is 18.9 Å². The molecule has 2 rings (SSSR count). The molecule has 0 unspecified atom stereocenters. The van der Waals surface area contributed by atoms with Crippen LogP contribution in [0.5, 0.6) is 0 Å². The van der Waals surface area contributed by atoms with Crippen molar-refractivity contribution in [1.29, 1.82) is 0 Å². The van der Waals surface area contributed by atoms with E-state index in [1.807, 2.05) is 19.9 Å². The molecular weight excluding hydrogens is 260 g/mol. The summed E-state index contributed by atoms with van der Waals surface area (Å²) >= 11 is 0. The molecule has 2 aromatic heterocycles. The van der Waals surface area contributed by atoms with E-state index in [2.05, 4.69) is 15.4 Å². The van der Waals surface area contributed by atoms with Crippen LogP contribution in [-0.2, 0) is 7.05 Å². The van der Waals surface area contributed by atoms with Gasteiger partial charge in [-0.25, -0.2) is 9.78 Å². The Balaban J connectivity index is 2.30. The zero-order valence-corrected chi connectivity index (χ0v) is 11.3. The van der Waals surface area contributed by atoms with Gasteiger partial charge in [-0.05, 0) is 31.5 Å². The molecule has 0 bridgehead atoms. The van der Waals surface area contributed by atoms with Crippen molar-refractivity contribution in [2.75, 3.05) is 5.32 Å². The number of aromatic nitrogens is 3. The van der Waals surface area contributed by atoms with E-state index in [9.17, 15) is 9.59 Å². The lowest BCUT2D eigenvalue weighted by Gasteiger charge is -2.05. The van der Waals surface area contributed by atoms with Crippen LogP contribution in [0.15, 0.2) is 18.3 Å². The summed E-state index contributed by atoms with van der Waals surface area (Å²) < 4.78 is 1.29. The van der Waals surface area contributed by atoms with Crippen LogP contribution < -0.4 is 5.32 Å². The molecule has 0 aromatic carbocycles. The minimum Gasteiger partial charge on any atom is -0.478 e. The zero-order valence-electron chi connectivity index (χ0n) is 11.3. The first-order chi connectivity index (χ1) is 9.36. The second-order valence-electron chi connectivity index (χ2n) is 4.50. The van der Waals surface area contributed by atoms with Gasteiger partial charge in [0.05, 0.1) is 0 Å². The van der Waals surface area contributed by atoms with Crippen molar-refractivity contribution in [1.82, 2.24) is 14.8 Å². The van der Waals surface area contributed by atoms with E-state index in [0.29, 0.717) is 5.82 Å². The van der Waals surface area contributed by atoms with E-state index in [0.717, 1.165) is 11.3 Å². The number of aryl methyl sites for hydroxylation is 3. The summed E-state index contributed by atoms with van der Waals surface area (Å²) in [5.74, 6) is -1.42. The molecule has 0 spiro atoms. The molecule has 1 amide bonds. The lowest BCUT2D eigenvalue weighted by molar-refractivity contribution is 0.0692. The number of rotatable bonds is 3. The van der Waals surface area contributed by atoms with Crippen molar-refractivity contribution in [3.63, 3.8) is 0 Å². The van der Waals surface area contributed by atoms with Gasteiger partial charge in [-0.2, -0.15) is 5.10 Å². The highest BCUT2D eigenvalue weighted by molar-refractivity contribution is 6.09. The molecule has 0 fully saturated rings. The first-order valence-corrected chi connectivity index (χ1v) is 5.90. The quantitative estimate of drug-likeness (QED) is 0.881. The second kappa shape index (κ2) is 5.12. The maximum Gasteiger partial charge on any atom is 0.339 e. The summed E-state index contributed by atoms with van der Waals surface area (Å²) in [4.78, 5) is 27.3. The van der Waals surface area contributed by atoms with Crippen LogP contribution in [0.1, 0.15) is 32.1 Å². The number of amides is 1. The van der Waals surface area contributed by atoms with Crippen molar-refractivity contribution < 1.29 is 14.7 Å². The van der Waals surface area contributed by atoms with Crippen LogP contribution in [0, 0.1) is 13.8 Å². The number of carboxylic acids is 1. The number of nitrogens with one attached hydrogen (secondary N) is 1. The van der Waals surface area contributed by atoms with Gasteiger partial charge in [-0.3, -0.25) is 9.48 Å². The van der Waals surface area contributed by atoms with Gasteiger partial charge in [0.25, 0.3) is 5.91 Å². The second-order valence-corrected chi connectivity index (χ2v) is 4.50. The maximum absolute atomic E-state index is 12.1. The van der Waals surface area contributed by atoms with Gasteiger partial charge in [-0.15, -0.1) is 0 Å². The fourth-order valence-electron chi connectivity index (χ4n) is 1.89. The molecule has 0 atom stereocenters. The van der Waals surface area contributed by atoms with Crippen LogP contribution in [0.4, 0.5) is 5.82 Å². The summed E-state index contributed by atoms with van der Waals surface area (Å²) in [6.07, 6.45) is 1.28. The lowest BCUT2D eigenvalue weighted by atomic mass is 10.2. The monoisotopic (exact) mass is 274 g/mol. The fraction of sp³-hybridized carbons (Fsp3) is 0.231. The Hall–Kier alpha value is -2.70. The number of hydrogen-bond donors (Lipinski definition) is 2. The van der Waals surface area contributed by atoms with Gasteiger partial charge in [0.2, 0.25) is 0 Å². The van der Waals surface area contributed by atoms with Crippen molar-refractivity contribution in [3.05, 3.63) is 40.8 Å². The Kier molecular flexibility index (Phi) is 3.51. The Morgan fingerprint density at radius 3 is 2.60 bits per heavy atom. The molecule has 0 aliphatic carbocycles. The van der Waals surface area contributed by atoms with E-state index in [1.54, 1.807) is 13.1 Å². The van der Waals surface area contributed by atoms with E-state index < -0.39 is 11.9 Å². The molecular formula is C13H14N4O3. The fourth-order valence-corrected chi connectivity index (χ4v) is 1.89. The average Bonchev–Trinajstić information content (AvgIpc) is 2.70. The lowest BCUT2D eigenvalue weighted by Crippen LogP contribution is -2.17. The van der Waals surface area contributed by atoms with Gasteiger partial charge in [0.1, 0.15) is 11.4 Å². The predicted octanol–water partition coefficient (Wildman–Crippen LogP) is 1.38. The Bertz CT molecular complexity index is 671. The molecule has 0 saturated carbocycles. The molecule has 104 valence electrons. The smallest absolute Gasteiger partial charge is 0.339 e. The molecule has 0 radical (unpaired) electrons. The largest absolute Gasteiger partial charge is 0.478 e. The topological polar surface area (TPSA) is 97.1 Å². The number of aromatic carboxylic acids is 1. The van der Waals surface area contributed by atoms with Gasteiger partial charge in [-0.1, -0.05) is 0 Å². The van der Waals surface area contributed by atoms with Crippen LogP contribution >= 0.6 is 0 Å². The summed E-state index contributed by atoms with van der Waals surface area (Å²) in [5.41, 5.74) is 1.43. The normalized spacial score (nSPS) is 10.3. The third-order valence-corrected chi connectivity index (χ3v) is 2.61. The number of carbonyl (C=O) groups excluding carboxylic acids is 1. The van der Waals surface area contributed by atoms with Crippen LogP contribution in [-0.4, -0.2) is 31.7 Å². The number of nitrogens with zero attached hydrogens (tertiary/aromatic N) is 3. The molecule has 2 heterocycles. The number of pyridine rings is 1. The highest BCUT2D eigenvalue weighted by atomic mass is 16.4. The molecule has 7 nitrogen and oxygen atoms in total. The third kappa shape index (κ3) is 2.82. The van der Waals surface area contributed by atoms with Gasteiger partial charge in [0.15, 0.2) is 5.69 Å². The molecule has 2 N–H and O–H groups in total. The Morgan fingerprint density at radius 2 is 2.00 bits per heavy atom. The molecule has 7 heteroatoms. The van der Waals surface area contributed by atoms with Gasteiger partial charge >= 0.3 is 5.97 Å². The van der Waals surface area contributed by atoms with E-state index >= 15 is 0 Å². The minimum atomic E-state index is -1.20. The van der Waals surface area contributed by atoms with E-state index in [4.69, 9.17) is 5.11 Å². The SMILES string of the molecule is Cc1cc(C)nc(NC(=O)c2nn(C)cc2C(=O)O)c1. The number of carboxylic acid groups (broad SMARTS) is 1. The standard InChI is InChI=1S/C13H14N4O3/c1-7-4-8(2)14-10(5-7)15-12(18)11-9(13(19)20)6-17(3)16-11/h4-6H,1-3H3,(H,19,20)(H,14,15,18). The number of carbonyl (C=O) groups is 2. The van der Waals surface area contributed by atoms with Crippen LogP contribution in [0.2, 0.25) is 0 Å². The highest BCUT2D eigenvalue weighted by Crippen LogP contribution is 2.12.